The zero-order chi connectivity index (χ0) is 12.2. The van der Waals surface area contributed by atoms with Gasteiger partial charge in [-0.2, -0.15) is 5.26 Å². The maximum absolute atomic E-state index is 11.5. The Kier molecular flexibility index (Phi) is 3.91. The molecule has 0 N–H and O–H groups in total. The van der Waals surface area contributed by atoms with Gasteiger partial charge in [0.2, 0.25) is 0 Å². The maximum atomic E-state index is 11.5. The molecule has 5 heteroatoms. The minimum absolute atomic E-state index is 0.102. The molecule has 4 nitrogen and oxygen atoms in total. The smallest absolute Gasteiger partial charge is 0.179 e. The van der Waals surface area contributed by atoms with E-state index in [1.807, 2.05) is 6.19 Å². The van der Waals surface area contributed by atoms with Gasteiger partial charge in [-0.3, -0.25) is 0 Å². The van der Waals surface area contributed by atoms with Gasteiger partial charge in [0.1, 0.15) is 0 Å². The Morgan fingerprint density at radius 3 is 2.31 bits per heavy atom. The molecular weight excluding hydrogens is 224 g/mol. The summed E-state index contributed by atoms with van der Waals surface area (Å²) in [5.74, 6) is 0.102. The van der Waals surface area contributed by atoms with Crippen LogP contribution in [0.15, 0.2) is 29.2 Å². The summed E-state index contributed by atoms with van der Waals surface area (Å²) < 4.78 is 23.1. The molecule has 1 aromatic carbocycles. The van der Waals surface area contributed by atoms with Gasteiger partial charge in [-0.25, -0.2) is 8.42 Å². The molecule has 16 heavy (non-hydrogen) atoms. The molecule has 0 aliphatic carbocycles. The Morgan fingerprint density at radius 2 is 1.88 bits per heavy atom. The van der Waals surface area contributed by atoms with E-state index in [0.29, 0.717) is 11.4 Å². The molecule has 0 aromatic heterocycles. The highest BCUT2D eigenvalue weighted by Crippen LogP contribution is 2.13. The summed E-state index contributed by atoms with van der Waals surface area (Å²) >= 11 is 0. The van der Waals surface area contributed by atoms with Gasteiger partial charge in [-0.15, -0.1) is 0 Å². The molecular formula is C11H14N2O2S. The molecule has 0 saturated heterocycles. The highest BCUT2D eigenvalue weighted by molar-refractivity contribution is 7.91. The molecule has 0 unspecified atom stereocenters. The lowest BCUT2D eigenvalue weighted by Crippen LogP contribution is -2.10. The van der Waals surface area contributed by atoms with Gasteiger partial charge in [-0.1, -0.05) is 19.1 Å². The summed E-state index contributed by atoms with van der Waals surface area (Å²) in [6.07, 6.45) is 1.98. The minimum atomic E-state index is -3.13. The number of hydrogen-bond acceptors (Lipinski definition) is 4. The Morgan fingerprint density at radius 1 is 1.31 bits per heavy atom. The van der Waals surface area contributed by atoms with E-state index in [4.69, 9.17) is 5.26 Å². The summed E-state index contributed by atoms with van der Waals surface area (Å²) in [7, 11) is -1.45. The molecule has 1 rings (SSSR count). The number of sulfone groups is 1. The number of rotatable bonds is 4. The van der Waals surface area contributed by atoms with E-state index in [2.05, 4.69) is 0 Å². The van der Waals surface area contributed by atoms with Crippen LogP contribution in [0.25, 0.3) is 0 Å². The molecule has 0 aliphatic heterocycles. The van der Waals surface area contributed by atoms with Crippen molar-refractivity contribution in [1.82, 2.24) is 4.90 Å². The Bertz CT molecular complexity index is 486. The van der Waals surface area contributed by atoms with Crippen LogP contribution in [0.4, 0.5) is 0 Å². The fourth-order valence-corrected chi connectivity index (χ4v) is 2.16. The Labute approximate surface area is 96.0 Å². The SMILES string of the molecule is CCS(=O)(=O)c1ccc(CN(C)C#N)cc1. The van der Waals surface area contributed by atoms with Gasteiger partial charge in [0.15, 0.2) is 16.0 Å². The highest BCUT2D eigenvalue weighted by Gasteiger charge is 2.10. The quantitative estimate of drug-likeness (QED) is 0.587. The van der Waals surface area contributed by atoms with Crippen molar-refractivity contribution in [3.8, 4) is 6.19 Å². The van der Waals surface area contributed by atoms with Crippen LogP contribution in [0.2, 0.25) is 0 Å². The van der Waals surface area contributed by atoms with Crippen LogP contribution in [-0.4, -0.2) is 26.1 Å². The van der Waals surface area contributed by atoms with Crippen molar-refractivity contribution in [1.29, 1.82) is 5.26 Å². The molecule has 86 valence electrons. The van der Waals surface area contributed by atoms with Crippen LogP contribution >= 0.6 is 0 Å². The summed E-state index contributed by atoms with van der Waals surface area (Å²) in [5.41, 5.74) is 0.916. The summed E-state index contributed by atoms with van der Waals surface area (Å²) in [6.45, 7) is 2.11. The fraction of sp³-hybridized carbons (Fsp3) is 0.364. The van der Waals surface area contributed by atoms with E-state index < -0.39 is 9.84 Å². The van der Waals surface area contributed by atoms with Crippen molar-refractivity contribution < 1.29 is 8.42 Å². The van der Waals surface area contributed by atoms with Gasteiger partial charge in [-0.05, 0) is 17.7 Å². The van der Waals surface area contributed by atoms with Crippen LogP contribution in [0.1, 0.15) is 12.5 Å². The normalized spacial score (nSPS) is 10.8. The van der Waals surface area contributed by atoms with Crippen molar-refractivity contribution >= 4 is 9.84 Å². The van der Waals surface area contributed by atoms with E-state index in [-0.39, 0.29) is 5.75 Å². The molecule has 0 amide bonds. The first kappa shape index (κ1) is 12.5. The van der Waals surface area contributed by atoms with Crippen molar-refractivity contribution in [2.24, 2.45) is 0 Å². The van der Waals surface area contributed by atoms with Crippen LogP contribution in [-0.2, 0) is 16.4 Å². The summed E-state index contributed by atoms with van der Waals surface area (Å²) in [6, 6.07) is 6.63. The average molecular weight is 238 g/mol. The molecule has 0 atom stereocenters. The second kappa shape index (κ2) is 4.99. The molecule has 0 bridgehead atoms. The highest BCUT2D eigenvalue weighted by atomic mass is 32.2. The molecule has 0 fully saturated rings. The zero-order valence-electron chi connectivity index (χ0n) is 9.34. The number of benzene rings is 1. The Hall–Kier alpha value is -1.54. The second-order valence-electron chi connectivity index (χ2n) is 3.50. The van der Waals surface area contributed by atoms with Crippen LogP contribution in [0, 0.1) is 11.5 Å². The standard InChI is InChI=1S/C11H14N2O2S/c1-3-16(14,15)11-6-4-10(5-7-11)8-13(2)9-12/h4-7H,3,8H2,1-2H3. The van der Waals surface area contributed by atoms with Gasteiger partial charge in [0.05, 0.1) is 17.2 Å². The van der Waals surface area contributed by atoms with Crippen molar-refractivity contribution in [3.05, 3.63) is 29.8 Å². The van der Waals surface area contributed by atoms with Crippen molar-refractivity contribution in [3.63, 3.8) is 0 Å². The first-order valence-electron chi connectivity index (χ1n) is 4.92. The molecule has 0 saturated carbocycles. The van der Waals surface area contributed by atoms with Gasteiger partial charge in [0.25, 0.3) is 0 Å². The van der Waals surface area contributed by atoms with Gasteiger partial charge in [0, 0.05) is 7.05 Å². The lowest BCUT2D eigenvalue weighted by Gasteiger charge is -2.09. The molecule has 0 heterocycles. The van der Waals surface area contributed by atoms with Gasteiger partial charge < -0.3 is 4.90 Å². The first-order chi connectivity index (χ1) is 7.49. The topological polar surface area (TPSA) is 61.2 Å². The number of nitriles is 1. The average Bonchev–Trinajstić information content (AvgIpc) is 2.29. The second-order valence-corrected chi connectivity index (χ2v) is 5.78. The molecule has 0 aliphatic rings. The van der Waals surface area contributed by atoms with Crippen LogP contribution < -0.4 is 0 Å². The molecule has 1 aromatic rings. The lowest BCUT2D eigenvalue weighted by molar-refractivity contribution is 0.469. The zero-order valence-corrected chi connectivity index (χ0v) is 10.2. The predicted molar refractivity (Wildman–Crippen MR) is 61.2 cm³/mol. The van der Waals surface area contributed by atoms with Crippen molar-refractivity contribution in [2.75, 3.05) is 12.8 Å². The third-order valence-corrected chi connectivity index (χ3v) is 4.00. The van der Waals surface area contributed by atoms with E-state index in [1.165, 1.54) is 4.90 Å². The van der Waals surface area contributed by atoms with Crippen LogP contribution in [0.3, 0.4) is 0 Å². The maximum Gasteiger partial charge on any atom is 0.179 e. The Balaban J connectivity index is 2.89. The minimum Gasteiger partial charge on any atom is -0.309 e. The number of nitrogens with zero attached hydrogens (tertiary/aromatic N) is 2. The van der Waals surface area contributed by atoms with Crippen molar-refractivity contribution in [2.45, 2.75) is 18.4 Å². The third kappa shape index (κ3) is 2.97. The molecule has 0 radical (unpaired) electrons. The van der Waals surface area contributed by atoms with Crippen LogP contribution in [0.5, 0.6) is 0 Å². The summed E-state index contributed by atoms with van der Waals surface area (Å²) in [5, 5.41) is 8.60. The third-order valence-electron chi connectivity index (χ3n) is 2.25. The lowest BCUT2D eigenvalue weighted by atomic mass is 10.2. The fourth-order valence-electron chi connectivity index (χ4n) is 1.28. The van der Waals surface area contributed by atoms with E-state index in [1.54, 1.807) is 38.2 Å². The summed E-state index contributed by atoms with van der Waals surface area (Å²) in [4.78, 5) is 1.81. The first-order valence-corrected chi connectivity index (χ1v) is 6.57. The largest absolute Gasteiger partial charge is 0.309 e. The van der Waals surface area contributed by atoms with E-state index in [9.17, 15) is 8.42 Å². The number of hydrogen-bond donors (Lipinski definition) is 0. The van der Waals surface area contributed by atoms with E-state index >= 15 is 0 Å². The molecule has 0 spiro atoms. The predicted octanol–water partition coefficient (Wildman–Crippen LogP) is 1.39. The van der Waals surface area contributed by atoms with Gasteiger partial charge >= 0.3 is 0 Å². The monoisotopic (exact) mass is 238 g/mol. The van der Waals surface area contributed by atoms with E-state index in [0.717, 1.165) is 5.56 Å².